The molecule has 0 N–H and O–H groups in total. The molecule has 6 nitrogen and oxygen atoms in total. The van der Waals surface area contributed by atoms with Gasteiger partial charge in [0.25, 0.3) is 5.91 Å². The zero-order valence-corrected chi connectivity index (χ0v) is 14.2. The smallest absolute Gasteiger partial charge is 0.289 e. The van der Waals surface area contributed by atoms with Crippen LogP contribution in [0, 0.1) is 0 Å². The van der Waals surface area contributed by atoms with Crippen LogP contribution in [0.15, 0.2) is 28.7 Å². The summed E-state index contributed by atoms with van der Waals surface area (Å²) in [5.41, 5.74) is 0.602. The largest absolute Gasteiger partial charge is 0.451 e. The lowest BCUT2D eigenvalue weighted by molar-refractivity contribution is 0.0668. The highest BCUT2D eigenvalue weighted by atomic mass is 35.5. The topological polar surface area (TPSA) is 70.8 Å². The molecule has 1 aromatic heterocycles. The fraction of sp³-hybridized carbons (Fsp3) is 0.400. The van der Waals surface area contributed by atoms with E-state index in [4.69, 9.17) is 16.0 Å². The summed E-state index contributed by atoms with van der Waals surface area (Å²) < 4.78 is 30.7. The molecule has 0 saturated carbocycles. The summed E-state index contributed by atoms with van der Waals surface area (Å²) in [6.07, 6.45) is 0. The number of nitrogens with zero attached hydrogens (tertiary/aromatic N) is 2. The van der Waals surface area contributed by atoms with Crippen molar-refractivity contribution in [1.82, 2.24) is 9.21 Å². The average molecular weight is 357 g/mol. The zero-order valence-electron chi connectivity index (χ0n) is 12.7. The molecule has 2 aromatic rings. The number of sulfonamides is 1. The number of carbonyl (C=O) groups is 1. The molecule has 8 heteroatoms. The van der Waals surface area contributed by atoms with Gasteiger partial charge in [0, 0.05) is 36.6 Å². The Morgan fingerprint density at radius 1 is 1.22 bits per heavy atom. The van der Waals surface area contributed by atoms with Crippen LogP contribution in [0.5, 0.6) is 0 Å². The molecule has 0 spiro atoms. The van der Waals surface area contributed by atoms with Gasteiger partial charge in [-0.15, -0.1) is 0 Å². The predicted molar refractivity (Wildman–Crippen MR) is 88.2 cm³/mol. The number of amides is 1. The molecule has 124 valence electrons. The van der Waals surface area contributed by atoms with Crippen molar-refractivity contribution in [2.45, 2.75) is 6.92 Å². The molecule has 1 aliphatic rings. The van der Waals surface area contributed by atoms with Crippen molar-refractivity contribution in [1.29, 1.82) is 0 Å². The zero-order chi connectivity index (χ0) is 16.6. The molecule has 0 bridgehead atoms. The van der Waals surface area contributed by atoms with Crippen molar-refractivity contribution in [3.05, 3.63) is 35.0 Å². The second-order valence-electron chi connectivity index (χ2n) is 5.38. The Balaban J connectivity index is 1.74. The average Bonchev–Trinajstić information content (AvgIpc) is 2.97. The van der Waals surface area contributed by atoms with Gasteiger partial charge in [-0.1, -0.05) is 11.6 Å². The summed E-state index contributed by atoms with van der Waals surface area (Å²) in [4.78, 5) is 14.1. The second-order valence-corrected chi connectivity index (χ2v) is 8.08. The number of carbonyl (C=O) groups excluding carboxylic acids is 1. The van der Waals surface area contributed by atoms with Crippen LogP contribution in [0.1, 0.15) is 17.5 Å². The van der Waals surface area contributed by atoms with E-state index in [0.717, 1.165) is 5.39 Å². The number of halogens is 1. The Hall–Kier alpha value is -1.57. The summed E-state index contributed by atoms with van der Waals surface area (Å²) >= 11 is 5.93. The molecule has 0 radical (unpaired) electrons. The third kappa shape index (κ3) is 3.22. The maximum atomic E-state index is 12.5. The van der Waals surface area contributed by atoms with Crippen molar-refractivity contribution in [3.8, 4) is 0 Å². The molecule has 23 heavy (non-hydrogen) atoms. The first-order chi connectivity index (χ1) is 10.9. The molecule has 2 heterocycles. The summed E-state index contributed by atoms with van der Waals surface area (Å²) in [5.74, 6) is 0.0885. The van der Waals surface area contributed by atoms with Crippen LogP contribution < -0.4 is 0 Å². The van der Waals surface area contributed by atoms with Crippen molar-refractivity contribution in [2.24, 2.45) is 0 Å². The van der Waals surface area contributed by atoms with Crippen LogP contribution in [0.2, 0.25) is 5.02 Å². The van der Waals surface area contributed by atoms with Crippen molar-refractivity contribution < 1.29 is 17.6 Å². The van der Waals surface area contributed by atoms with Crippen LogP contribution in [0.25, 0.3) is 11.0 Å². The van der Waals surface area contributed by atoms with Gasteiger partial charge in [-0.25, -0.2) is 8.42 Å². The maximum Gasteiger partial charge on any atom is 0.289 e. The first kappa shape index (κ1) is 16.3. The van der Waals surface area contributed by atoms with E-state index in [1.807, 2.05) is 0 Å². The van der Waals surface area contributed by atoms with E-state index in [2.05, 4.69) is 0 Å². The molecule has 0 atom stereocenters. The minimum Gasteiger partial charge on any atom is -0.451 e. The molecule has 0 aliphatic carbocycles. The third-order valence-electron chi connectivity index (χ3n) is 3.97. The van der Waals surface area contributed by atoms with E-state index < -0.39 is 10.0 Å². The minimum atomic E-state index is -3.20. The molecule has 1 fully saturated rings. The first-order valence-corrected chi connectivity index (χ1v) is 9.35. The summed E-state index contributed by atoms with van der Waals surface area (Å²) in [7, 11) is -3.20. The quantitative estimate of drug-likeness (QED) is 0.845. The van der Waals surface area contributed by atoms with E-state index in [1.165, 1.54) is 4.31 Å². The highest BCUT2D eigenvalue weighted by Crippen LogP contribution is 2.24. The van der Waals surface area contributed by atoms with Crippen LogP contribution in [-0.4, -0.2) is 55.5 Å². The van der Waals surface area contributed by atoms with Gasteiger partial charge >= 0.3 is 0 Å². The standard InChI is InChI=1S/C15H17ClN2O4S/c1-2-23(20,21)18-7-5-17(6-8-18)15(19)14-10-11-9-12(16)3-4-13(11)22-14/h3-4,9-10H,2,5-8H2,1H3. The Labute approximate surface area is 139 Å². The molecule has 1 amide bonds. The molecule has 3 rings (SSSR count). The number of hydrogen-bond acceptors (Lipinski definition) is 4. The van der Waals surface area contributed by atoms with Crippen LogP contribution in [0.3, 0.4) is 0 Å². The third-order valence-corrected chi connectivity index (χ3v) is 6.09. The first-order valence-electron chi connectivity index (χ1n) is 7.37. The highest BCUT2D eigenvalue weighted by Gasteiger charge is 2.29. The number of fused-ring (bicyclic) bond motifs is 1. The summed E-state index contributed by atoms with van der Waals surface area (Å²) in [6, 6.07) is 6.83. The van der Waals surface area contributed by atoms with Gasteiger partial charge in [-0.05, 0) is 31.2 Å². The normalized spacial score (nSPS) is 16.9. The molecular weight excluding hydrogens is 340 g/mol. The van der Waals surface area contributed by atoms with E-state index in [9.17, 15) is 13.2 Å². The summed E-state index contributed by atoms with van der Waals surface area (Å²) in [5, 5.41) is 1.35. The molecule has 1 saturated heterocycles. The van der Waals surface area contributed by atoms with E-state index in [0.29, 0.717) is 36.8 Å². The summed E-state index contributed by atoms with van der Waals surface area (Å²) in [6.45, 7) is 2.96. The van der Waals surface area contributed by atoms with Gasteiger partial charge in [0.05, 0.1) is 5.75 Å². The van der Waals surface area contributed by atoms with Crippen LogP contribution in [0.4, 0.5) is 0 Å². The number of rotatable bonds is 3. The Morgan fingerprint density at radius 3 is 2.57 bits per heavy atom. The monoisotopic (exact) mass is 356 g/mol. The van der Waals surface area contributed by atoms with Crippen LogP contribution >= 0.6 is 11.6 Å². The fourth-order valence-corrected chi connectivity index (χ4v) is 3.89. The molecule has 0 unspecified atom stereocenters. The van der Waals surface area contributed by atoms with Crippen LogP contribution in [-0.2, 0) is 10.0 Å². The Kier molecular flexibility index (Phi) is 4.35. The molecule has 1 aliphatic heterocycles. The van der Waals surface area contributed by atoms with Gasteiger partial charge in [0.1, 0.15) is 5.58 Å². The van der Waals surface area contributed by atoms with Crippen molar-refractivity contribution >= 4 is 38.5 Å². The van der Waals surface area contributed by atoms with E-state index in [1.54, 1.807) is 36.1 Å². The highest BCUT2D eigenvalue weighted by molar-refractivity contribution is 7.89. The fourth-order valence-electron chi connectivity index (χ4n) is 2.63. The number of furan rings is 1. The van der Waals surface area contributed by atoms with Crippen molar-refractivity contribution in [2.75, 3.05) is 31.9 Å². The lowest BCUT2D eigenvalue weighted by Crippen LogP contribution is -2.50. The number of piperazine rings is 1. The number of benzene rings is 1. The SMILES string of the molecule is CCS(=O)(=O)N1CCN(C(=O)c2cc3cc(Cl)ccc3o2)CC1. The van der Waals surface area contributed by atoms with Gasteiger partial charge < -0.3 is 9.32 Å². The van der Waals surface area contributed by atoms with E-state index >= 15 is 0 Å². The van der Waals surface area contributed by atoms with Gasteiger partial charge in [0.15, 0.2) is 5.76 Å². The predicted octanol–water partition coefficient (Wildman–Crippen LogP) is 2.19. The molecular formula is C15H17ClN2O4S. The lowest BCUT2D eigenvalue weighted by atomic mass is 10.2. The Bertz CT molecular complexity index is 838. The Morgan fingerprint density at radius 2 is 1.91 bits per heavy atom. The lowest BCUT2D eigenvalue weighted by Gasteiger charge is -2.33. The van der Waals surface area contributed by atoms with E-state index in [-0.39, 0.29) is 17.4 Å². The van der Waals surface area contributed by atoms with Gasteiger partial charge in [0.2, 0.25) is 10.0 Å². The number of hydrogen-bond donors (Lipinski definition) is 0. The van der Waals surface area contributed by atoms with Gasteiger partial charge in [-0.3, -0.25) is 4.79 Å². The molecule has 1 aromatic carbocycles. The minimum absolute atomic E-state index is 0.0747. The second kappa shape index (κ2) is 6.14. The van der Waals surface area contributed by atoms with Crippen molar-refractivity contribution in [3.63, 3.8) is 0 Å². The maximum absolute atomic E-state index is 12.5. The van der Waals surface area contributed by atoms with Gasteiger partial charge in [-0.2, -0.15) is 4.31 Å².